The molecule has 0 amide bonds. The minimum absolute atomic E-state index is 0.104. The average molecular weight is 271 g/mol. The van der Waals surface area contributed by atoms with E-state index in [1.807, 2.05) is 6.07 Å². The van der Waals surface area contributed by atoms with Gasteiger partial charge in [0.25, 0.3) is 0 Å². The van der Waals surface area contributed by atoms with Crippen LogP contribution in [0.4, 0.5) is 0 Å². The Kier molecular flexibility index (Phi) is 2.41. The fourth-order valence-electron chi connectivity index (χ4n) is 3.76. The summed E-state index contributed by atoms with van der Waals surface area (Å²) in [6.07, 6.45) is 3.46. The Morgan fingerprint density at radius 2 is 2.25 bits per heavy atom. The number of rotatable bonds is 2. The van der Waals surface area contributed by atoms with Gasteiger partial charge in [0.15, 0.2) is 0 Å². The average Bonchev–Trinajstić information content (AvgIpc) is 3.00. The Morgan fingerprint density at radius 1 is 1.35 bits per heavy atom. The van der Waals surface area contributed by atoms with Crippen LogP contribution in [0.25, 0.3) is 11.0 Å². The molecule has 0 saturated carbocycles. The molecule has 1 aromatic carbocycles. The SMILES string of the molecule is O=C(O)c1cccc2[nH]c(C34CCCN(CC3)C4)nc12. The lowest BCUT2D eigenvalue weighted by Gasteiger charge is -2.32. The molecule has 0 aliphatic carbocycles. The normalized spacial score (nSPS) is 28.9. The highest BCUT2D eigenvalue weighted by Gasteiger charge is 2.44. The number of carboxylic acid groups (broad SMARTS) is 1. The number of benzene rings is 1. The molecule has 4 rings (SSSR count). The molecule has 1 aromatic heterocycles. The predicted octanol–water partition coefficient (Wildman–Crippen LogP) is 2.00. The molecule has 2 N–H and O–H groups in total. The first-order valence-corrected chi connectivity index (χ1v) is 7.13. The predicted molar refractivity (Wildman–Crippen MR) is 75.0 cm³/mol. The summed E-state index contributed by atoms with van der Waals surface area (Å²) in [7, 11) is 0. The third kappa shape index (κ3) is 1.59. The molecule has 5 heteroatoms. The second-order valence-electron chi connectivity index (χ2n) is 6.00. The van der Waals surface area contributed by atoms with Gasteiger partial charge in [-0.05, 0) is 44.5 Å². The Labute approximate surface area is 116 Å². The van der Waals surface area contributed by atoms with Crippen LogP contribution in [0.2, 0.25) is 0 Å². The van der Waals surface area contributed by atoms with Crippen molar-refractivity contribution in [2.45, 2.75) is 24.7 Å². The van der Waals surface area contributed by atoms with Crippen LogP contribution < -0.4 is 0 Å². The molecule has 2 aliphatic rings. The van der Waals surface area contributed by atoms with E-state index in [2.05, 4.69) is 14.9 Å². The van der Waals surface area contributed by atoms with E-state index in [0.29, 0.717) is 5.52 Å². The zero-order valence-electron chi connectivity index (χ0n) is 11.2. The molecular formula is C15H17N3O2. The van der Waals surface area contributed by atoms with Gasteiger partial charge in [0, 0.05) is 12.0 Å². The van der Waals surface area contributed by atoms with Crippen LogP contribution in [0.5, 0.6) is 0 Å². The maximum Gasteiger partial charge on any atom is 0.337 e. The second kappa shape index (κ2) is 4.06. The lowest BCUT2D eigenvalue weighted by Crippen LogP contribution is -2.37. The standard InChI is InChI=1S/C15H17N3O2/c19-13(20)10-3-1-4-11-12(10)17-14(16-11)15-5-2-7-18(9-15)8-6-15/h1,3-4H,2,5-9H2,(H,16,17)(H,19,20). The summed E-state index contributed by atoms with van der Waals surface area (Å²) in [6.45, 7) is 3.36. The van der Waals surface area contributed by atoms with Crippen LogP contribution >= 0.6 is 0 Å². The van der Waals surface area contributed by atoms with Gasteiger partial charge in [-0.15, -0.1) is 0 Å². The quantitative estimate of drug-likeness (QED) is 0.876. The summed E-state index contributed by atoms with van der Waals surface area (Å²) in [5.41, 5.74) is 1.81. The molecule has 20 heavy (non-hydrogen) atoms. The zero-order valence-corrected chi connectivity index (χ0v) is 11.2. The molecule has 2 aliphatic heterocycles. The van der Waals surface area contributed by atoms with Gasteiger partial charge < -0.3 is 15.0 Å². The molecule has 2 saturated heterocycles. The molecule has 2 fully saturated rings. The molecule has 2 unspecified atom stereocenters. The summed E-state index contributed by atoms with van der Waals surface area (Å²) in [5.74, 6) is 0.0613. The number of hydrogen-bond acceptors (Lipinski definition) is 3. The Balaban J connectivity index is 1.85. The fraction of sp³-hybridized carbons (Fsp3) is 0.467. The third-order valence-corrected chi connectivity index (χ3v) is 4.81. The molecule has 0 radical (unpaired) electrons. The van der Waals surface area contributed by atoms with Crippen molar-refractivity contribution in [3.05, 3.63) is 29.6 Å². The van der Waals surface area contributed by atoms with Gasteiger partial charge in [0.1, 0.15) is 11.3 Å². The molecule has 104 valence electrons. The van der Waals surface area contributed by atoms with E-state index in [0.717, 1.165) is 37.3 Å². The van der Waals surface area contributed by atoms with Crippen LogP contribution in [0.3, 0.4) is 0 Å². The van der Waals surface area contributed by atoms with Gasteiger partial charge in [-0.2, -0.15) is 0 Å². The Hall–Kier alpha value is -1.88. The van der Waals surface area contributed by atoms with Crippen molar-refractivity contribution >= 4 is 17.0 Å². The Morgan fingerprint density at radius 3 is 3.10 bits per heavy atom. The zero-order chi connectivity index (χ0) is 13.7. The minimum atomic E-state index is -0.914. The van der Waals surface area contributed by atoms with Crippen molar-refractivity contribution in [1.82, 2.24) is 14.9 Å². The third-order valence-electron chi connectivity index (χ3n) is 4.81. The molecule has 0 spiro atoms. The van der Waals surface area contributed by atoms with Gasteiger partial charge in [0.2, 0.25) is 0 Å². The van der Waals surface area contributed by atoms with Crippen LogP contribution in [0.15, 0.2) is 18.2 Å². The number of nitrogens with zero attached hydrogens (tertiary/aromatic N) is 2. The fourth-order valence-corrected chi connectivity index (χ4v) is 3.76. The van der Waals surface area contributed by atoms with Crippen LogP contribution in [-0.2, 0) is 5.41 Å². The lowest BCUT2D eigenvalue weighted by molar-refractivity contribution is 0.0699. The Bertz CT molecular complexity index is 689. The summed E-state index contributed by atoms with van der Waals surface area (Å²) in [6, 6.07) is 5.30. The van der Waals surface area contributed by atoms with E-state index in [4.69, 9.17) is 0 Å². The smallest absolute Gasteiger partial charge is 0.337 e. The maximum atomic E-state index is 11.3. The van der Waals surface area contributed by atoms with Crippen LogP contribution in [0.1, 0.15) is 35.4 Å². The first-order valence-electron chi connectivity index (χ1n) is 7.13. The van der Waals surface area contributed by atoms with E-state index in [9.17, 15) is 9.90 Å². The number of aromatic amines is 1. The van der Waals surface area contributed by atoms with Crippen LogP contribution in [-0.4, -0.2) is 45.6 Å². The first kappa shape index (κ1) is 11.9. The van der Waals surface area contributed by atoms with Gasteiger partial charge >= 0.3 is 5.97 Å². The number of imidazole rings is 1. The number of carboxylic acids is 1. The number of para-hydroxylation sites is 1. The topological polar surface area (TPSA) is 69.2 Å². The van der Waals surface area contributed by atoms with Crippen molar-refractivity contribution in [3.8, 4) is 0 Å². The number of fused-ring (bicyclic) bond motifs is 3. The monoisotopic (exact) mass is 271 g/mol. The highest BCUT2D eigenvalue weighted by molar-refractivity contribution is 6.00. The summed E-state index contributed by atoms with van der Waals surface area (Å²) >= 11 is 0. The summed E-state index contributed by atoms with van der Waals surface area (Å²) in [4.78, 5) is 21.8. The highest BCUT2D eigenvalue weighted by atomic mass is 16.4. The molecule has 2 bridgehead atoms. The van der Waals surface area contributed by atoms with Crippen LogP contribution in [0, 0.1) is 0 Å². The van der Waals surface area contributed by atoms with Gasteiger partial charge in [0.05, 0.1) is 11.1 Å². The van der Waals surface area contributed by atoms with Crippen molar-refractivity contribution in [2.24, 2.45) is 0 Å². The number of aromatic carboxylic acids is 1. The van der Waals surface area contributed by atoms with Gasteiger partial charge in [-0.25, -0.2) is 9.78 Å². The molecular weight excluding hydrogens is 254 g/mol. The molecule has 5 nitrogen and oxygen atoms in total. The molecule has 2 atom stereocenters. The lowest BCUT2D eigenvalue weighted by atomic mass is 9.80. The number of hydrogen-bond donors (Lipinski definition) is 2. The van der Waals surface area contributed by atoms with E-state index in [-0.39, 0.29) is 11.0 Å². The van der Waals surface area contributed by atoms with Crippen molar-refractivity contribution in [2.75, 3.05) is 19.6 Å². The number of aromatic nitrogens is 2. The van der Waals surface area contributed by atoms with E-state index >= 15 is 0 Å². The van der Waals surface area contributed by atoms with E-state index in [1.165, 1.54) is 13.0 Å². The number of piperidine rings is 1. The first-order chi connectivity index (χ1) is 9.68. The number of H-pyrrole nitrogens is 1. The number of carbonyl (C=O) groups is 1. The van der Waals surface area contributed by atoms with E-state index < -0.39 is 5.97 Å². The van der Waals surface area contributed by atoms with Gasteiger partial charge in [-0.1, -0.05) is 6.07 Å². The van der Waals surface area contributed by atoms with Crippen molar-refractivity contribution in [3.63, 3.8) is 0 Å². The second-order valence-corrected chi connectivity index (χ2v) is 6.00. The van der Waals surface area contributed by atoms with Crippen molar-refractivity contribution < 1.29 is 9.90 Å². The van der Waals surface area contributed by atoms with E-state index in [1.54, 1.807) is 12.1 Å². The minimum Gasteiger partial charge on any atom is -0.478 e. The summed E-state index contributed by atoms with van der Waals surface area (Å²) in [5, 5.41) is 9.27. The van der Waals surface area contributed by atoms with Gasteiger partial charge in [-0.3, -0.25) is 0 Å². The number of nitrogens with one attached hydrogen (secondary N) is 1. The summed E-state index contributed by atoms with van der Waals surface area (Å²) < 4.78 is 0. The van der Waals surface area contributed by atoms with Crippen molar-refractivity contribution in [1.29, 1.82) is 0 Å². The largest absolute Gasteiger partial charge is 0.478 e. The highest BCUT2D eigenvalue weighted by Crippen LogP contribution is 2.41. The molecule has 2 aromatic rings. The maximum absolute atomic E-state index is 11.3. The molecule has 3 heterocycles.